The molecule has 0 amide bonds. The summed E-state index contributed by atoms with van der Waals surface area (Å²) in [5, 5.41) is 28.2. The second kappa shape index (κ2) is 29.0. The molecule has 0 radical (unpaired) electrons. The highest BCUT2D eigenvalue weighted by Crippen LogP contribution is 2.44. The molecule has 3 saturated heterocycles. The van der Waals surface area contributed by atoms with Gasteiger partial charge in [0.2, 0.25) is 0 Å². The standard InChI is InChI=1S/C12H24B2O4.C11H17BO2S.C10H9N3O2S.C10H11N3S.C5H4BrN3O2.C5H5BrS.CH4O/c1-9(2)10(3,4)16-13(15-9)14-17-11(5,6)12(7,8)18-14;1-8-6-7-9(15-8)12-13-10(2,3)11(4,5)14-12;1-6-2-3-9(16-6)7-4-12-5-8(11)10(7)13(14)15;1-6-2-3-9(14-6)7-4-13-5-8(11)10(7)12;6-3-1-8-2-4(7)5(3)9(10)11;1-4-2-3-5(6)7-4;1-2/h1-8H3;6-7H,1-5H3;2-5H,11H2,1H3;2-5H,11H2,1H3,(H2,12,13);1-2H,7H2;2-3H,1H3;2H,1H3. The van der Waals surface area contributed by atoms with Gasteiger partial charge in [0.05, 0.1) is 82.8 Å². The van der Waals surface area contributed by atoms with Crippen molar-refractivity contribution in [2.75, 3.05) is 30.0 Å². The first-order valence-corrected chi connectivity index (χ1v) is 30.6. The molecule has 3 aliphatic heterocycles. The maximum absolute atomic E-state index is 10.9. The monoisotopic (exact) mass is 1340 g/mol. The fourth-order valence-electron chi connectivity index (χ4n) is 7.27. The maximum Gasteiger partial charge on any atom is 0.505 e. The van der Waals surface area contributed by atoms with E-state index >= 15 is 0 Å². The molecule has 0 aromatic carbocycles. The summed E-state index contributed by atoms with van der Waals surface area (Å²) >= 11 is 13.0. The summed E-state index contributed by atoms with van der Waals surface area (Å²) in [6, 6.07) is 16.2. The zero-order valence-corrected chi connectivity index (χ0v) is 56.2. The third-order valence-electron chi connectivity index (χ3n) is 14.0. The Morgan fingerprint density at radius 2 is 0.819 bits per heavy atom. The zero-order valence-electron chi connectivity index (χ0n) is 49.8. The lowest BCUT2D eigenvalue weighted by Crippen LogP contribution is -2.41. The van der Waals surface area contributed by atoms with Crippen molar-refractivity contribution in [3.8, 4) is 20.9 Å². The van der Waals surface area contributed by atoms with Gasteiger partial charge in [0, 0.05) is 65.3 Å². The van der Waals surface area contributed by atoms with Gasteiger partial charge in [-0.25, -0.2) is 0 Å². The van der Waals surface area contributed by atoms with Gasteiger partial charge < -0.3 is 56.0 Å². The van der Waals surface area contributed by atoms with Crippen LogP contribution in [0.5, 0.6) is 0 Å². The minimum atomic E-state index is -0.554. The van der Waals surface area contributed by atoms with E-state index in [-0.39, 0.29) is 63.5 Å². The molecule has 20 nitrogen and oxygen atoms in total. The lowest BCUT2D eigenvalue weighted by atomic mass is 9.49. The number of pyridine rings is 3. The fourth-order valence-corrected chi connectivity index (χ4v) is 11.9. The Morgan fingerprint density at radius 1 is 0.470 bits per heavy atom. The molecule has 0 saturated carbocycles. The molecular weight excluding hydrogens is 1270 g/mol. The van der Waals surface area contributed by atoms with Crippen molar-refractivity contribution >= 4 is 137 Å². The van der Waals surface area contributed by atoms with Crippen molar-refractivity contribution in [2.45, 2.75) is 144 Å². The first kappa shape index (κ1) is 70.6. The molecule has 3 aliphatic rings. The molecule has 0 spiro atoms. The second-order valence-corrected chi connectivity index (χ2v) is 29.3. The predicted octanol–water partition coefficient (Wildman–Crippen LogP) is 13.3. The van der Waals surface area contributed by atoms with E-state index in [4.69, 9.17) is 56.0 Å². The van der Waals surface area contributed by atoms with E-state index in [2.05, 4.69) is 126 Å². The number of hydrogen-bond donors (Lipinski definition) is 5. The molecular formula is C54H74B3Br2N9O11S4. The number of hydrogen-bond acceptors (Lipinski definition) is 22. The van der Waals surface area contributed by atoms with Gasteiger partial charge in [-0.1, -0.05) is 6.07 Å². The van der Waals surface area contributed by atoms with Gasteiger partial charge in [-0.05, 0) is 185 Å². The fraction of sp³-hybridized carbons (Fsp3) is 0.426. The van der Waals surface area contributed by atoms with E-state index in [1.807, 2.05) is 80.5 Å². The summed E-state index contributed by atoms with van der Waals surface area (Å²) in [6.07, 6.45) is 8.65. The largest absolute Gasteiger partial charge is 0.505 e. The molecule has 0 aliphatic carbocycles. The first-order valence-electron chi connectivity index (χ1n) is 25.7. The zero-order chi connectivity index (χ0) is 62.8. The summed E-state index contributed by atoms with van der Waals surface area (Å²) in [5.74, 6) is 0. The molecule has 0 unspecified atom stereocenters. The van der Waals surface area contributed by atoms with Crippen LogP contribution in [0.25, 0.3) is 20.9 Å². The van der Waals surface area contributed by atoms with E-state index < -0.39 is 23.9 Å². The number of aryl methyl sites for hydroxylation is 4. The van der Waals surface area contributed by atoms with Crippen LogP contribution >= 0.6 is 77.2 Å². The van der Waals surface area contributed by atoms with Gasteiger partial charge in [0.1, 0.15) is 15.8 Å². The summed E-state index contributed by atoms with van der Waals surface area (Å²) in [5.41, 5.74) is 23.0. The molecule has 10 heterocycles. The third kappa shape index (κ3) is 18.3. The molecule has 3 fully saturated rings. The quantitative estimate of drug-likeness (QED) is 0.0587. The number of aromatic nitrogens is 3. The summed E-state index contributed by atoms with van der Waals surface area (Å²) in [4.78, 5) is 38.7. The average Bonchev–Trinajstić information content (AvgIpc) is 4.14. The predicted molar refractivity (Wildman–Crippen MR) is 349 cm³/mol. The van der Waals surface area contributed by atoms with Crippen LogP contribution in [0.2, 0.25) is 0 Å². The number of aliphatic hydroxyl groups is 1. The van der Waals surface area contributed by atoms with E-state index in [1.165, 1.54) is 54.5 Å². The van der Waals surface area contributed by atoms with Gasteiger partial charge in [0.25, 0.3) is 0 Å². The normalized spacial score (nSPS) is 17.0. The third-order valence-corrected chi connectivity index (χ3v) is 19.2. The number of anilines is 4. The minimum absolute atomic E-state index is 0.0596. The van der Waals surface area contributed by atoms with Gasteiger partial charge in [0.15, 0.2) is 0 Å². The van der Waals surface area contributed by atoms with Crippen LogP contribution in [-0.4, -0.2) is 91.8 Å². The summed E-state index contributed by atoms with van der Waals surface area (Å²) in [7, 11) is -0.152. The molecule has 7 aromatic rings. The smallest absolute Gasteiger partial charge is 0.405 e. The van der Waals surface area contributed by atoms with E-state index in [0.717, 1.165) is 32.1 Å². The van der Waals surface area contributed by atoms with Crippen LogP contribution in [0, 0.1) is 47.9 Å². The Bertz CT molecular complexity index is 3190. The highest BCUT2D eigenvalue weighted by Gasteiger charge is 2.63. The van der Waals surface area contributed by atoms with Crippen LogP contribution < -0.4 is 27.7 Å². The van der Waals surface area contributed by atoms with Gasteiger partial charge >= 0.3 is 32.5 Å². The van der Waals surface area contributed by atoms with Crippen LogP contribution in [0.4, 0.5) is 34.1 Å². The van der Waals surface area contributed by atoms with Crippen molar-refractivity contribution in [2.24, 2.45) is 0 Å². The Kier molecular flexibility index (Phi) is 24.7. The molecule has 83 heavy (non-hydrogen) atoms. The molecule has 29 heteroatoms. The number of nitrogen functional groups attached to an aromatic ring is 4. The molecule has 448 valence electrons. The molecule has 0 bridgehead atoms. The average molecular weight is 1350 g/mol. The summed E-state index contributed by atoms with van der Waals surface area (Å²) in [6.45, 7) is 32.7. The van der Waals surface area contributed by atoms with Crippen LogP contribution in [0.3, 0.4) is 0 Å². The summed E-state index contributed by atoms with van der Waals surface area (Å²) < 4.78 is 38.4. The molecule has 7 aromatic heterocycles. The van der Waals surface area contributed by atoms with Crippen molar-refractivity contribution in [3.63, 3.8) is 0 Å². The van der Waals surface area contributed by atoms with Crippen molar-refractivity contribution in [1.29, 1.82) is 0 Å². The van der Waals surface area contributed by atoms with E-state index in [9.17, 15) is 20.2 Å². The van der Waals surface area contributed by atoms with Crippen molar-refractivity contribution < 1.29 is 42.9 Å². The van der Waals surface area contributed by atoms with Crippen molar-refractivity contribution in [1.82, 2.24) is 15.0 Å². The van der Waals surface area contributed by atoms with E-state index in [1.54, 1.807) is 46.4 Å². The molecule has 9 N–H and O–H groups in total. The number of aliphatic hydroxyl groups excluding tert-OH is 1. The number of nitrogens with zero attached hydrogens (tertiary/aromatic N) is 5. The number of nitrogens with two attached hydrogens (primary N) is 4. The Labute approximate surface area is 520 Å². The lowest BCUT2D eigenvalue weighted by Gasteiger charge is -2.32. The van der Waals surface area contributed by atoms with Crippen LogP contribution in [0.1, 0.15) is 103 Å². The lowest BCUT2D eigenvalue weighted by molar-refractivity contribution is -0.384. The van der Waals surface area contributed by atoms with Gasteiger partial charge in [-0.3, -0.25) is 35.2 Å². The van der Waals surface area contributed by atoms with Crippen LogP contribution in [0.15, 0.2) is 94.0 Å². The number of halogens is 2. The SMILES string of the molecule is CC1(C)OB(B2OC(C)(C)C(C)(C)O2)OC1(C)C.CO.Cc1ccc(-c2cncc(N)c2N)s1.Cc1ccc(-c2cncc(N)c2[N+](=O)[O-])s1.Cc1ccc(B2OC(C)(C)C(C)(C)O2)s1.Cc1ccc(Br)s1.Nc1cncc(Br)c1[N+](=O)[O-]. The first-order chi connectivity index (χ1) is 38.4. The van der Waals surface area contributed by atoms with E-state index in [0.29, 0.717) is 21.4 Å². The maximum atomic E-state index is 10.9. The second-order valence-electron chi connectivity index (χ2n) is 21.8. The topological polar surface area (TPSA) is 305 Å². The number of thiophene rings is 4. The van der Waals surface area contributed by atoms with Crippen LogP contribution in [-0.2, 0) is 27.9 Å². The molecule has 0 atom stereocenters. The number of nitro groups is 2. The Hall–Kier alpha value is -4.88. The number of rotatable bonds is 6. The highest BCUT2D eigenvalue weighted by atomic mass is 79.9. The minimum Gasteiger partial charge on any atom is -0.405 e. The highest BCUT2D eigenvalue weighted by molar-refractivity contribution is 9.11. The Morgan fingerprint density at radius 3 is 1.16 bits per heavy atom. The Balaban J connectivity index is 0.000000216. The van der Waals surface area contributed by atoms with Gasteiger partial charge in [-0.15, -0.1) is 45.3 Å². The van der Waals surface area contributed by atoms with Crippen molar-refractivity contribution in [3.05, 3.63) is 134 Å². The van der Waals surface area contributed by atoms with Gasteiger partial charge in [-0.2, -0.15) is 0 Å². The molecule has 10 rings (SSSR count).